The van der Waals surface area contributed by atoms with Crippen LogP contribution in [0.2, 0.25) is 0 Å². The predicted molar refractivity (Wildman–Crippen MR) is 98.1 cm³/mol. The van der Waals surface area contributed by atoms with Crippen LogP contribution in [-0.4, -0.2) is 34.1 Å². The highest BCUT2D eigenvalue weighted by Crippen LogP contribution is 2.23. The molecule has 0 fully saturated rings. The van der Waals surface area contributed by atoms with Crippen molar-refractivity contribution in [3.63, 3.8) is 0 Å². The third-order valence-corrected chi connectivity index (χ3v) is 4.63. The number of amides is 3. The Kier molecular flexibility index (Phi) is 4.80. The van der Waals surface area contributed by atoms with Crippen molar-refractivity contribution < 1.29 is 23.2 Å². The number of rotatable bonds is 7. The van der Waals surface area contributed by atoms with Gasteiger partial charge in [-0.1, -0.05) is 12.1 Å². The Balaban J connectivity index is 1.44. The molecule has 3 heterocycles. The van der Waals surface area contributed by atoms with Crippen LogP contribution in [0.1, 0.15) is 38.7 Å². The fourth-order valence-electron chi connectivity index (χ4n) is 3.22. The van der Waals surface area contributed by atoms with Crippen LogP contribution in [0.25, 0.3) is 0 Å². The van der Waals surface area contributed by atoms with Crippen LogP contribution >= 0.6 is 0 Å². The summed E-state index contributed by atoms with van der Waals surface area (Å²) in [7, 11) is 0. The Labute approximate surface area is 161 Å². The molecule has 0 N–H and O–H groups in total. The Morgan fingerprint density at radius 1 is 0.821 bits per heavy atom. The monoisotopic (exact) mass is 378 g/mol. The zero-order chi connectivity index (χ0) is 19.5. The number of hydrogen-bond acceptors (Lipinski definition) is 5. The highest BCUT2D eigenvalue weighted by atomic mass is 16.3. The predicted octanol–water partition coefficient (Wildman–Crippen LogP) is 3.09. The number of imide groups is 1. The summed E-state index contributed by atoms with van der Waals surface area (Å²) in [4.78, 5) is 40.4. The average molecular weight is 378 g/mol. The van der Waals surface area contributed by atoms with Gasteiger partial charge in [0.05, 0.1) is 36.7 Å². The summed E-state index contributed by atoms with van der Waals surface area (Å²) < 4.78 is 10.7. The summed E-state index contributed by atoms with van der Waals surface area (Å²) in [6, 6.07) is 13.8. The van der Waals surface area contributed by atoms with Crippen molar-refractivity contribution in [2.75, 3.05) is 6.54 Å². The topological polar surface area (TPSA) is 84.0 Å². The van der Waals surface area contributed by atoms with E-state index < -0.39 is 0 Å². The maximum absolute atomic E-state index is 12.8. The van der Waals surface area contributed by atoms with Crippen LogP contribution in [0.3, 0.4) is 0 Å². The number of furan rings is 2. The third kappa shape index (κ3) is 3.46. The van der Waals surface area contributed by atoms with Gasteiger partial charge in [0.15, 0.2) is 0 Å². The van der Waals surface area contributed by atoms with E-state index in [1.807, 2.05) is 0 Å². The van der Waals surface area contributed by atoms with Gasteiger partial charge in [0.1, 0.15) is 11.5 Å². The van der Waals surface area contributed by atoms with Crippen molar-refractivity contribution in [1.82, 2.24) is 9.80 Å². The van der Waals surface area contributed by atoms with E-state index in [0.717, 1.165) is 4.90 Å². The minimum absolute atomic E-state index is 0.0207. The highest BCUT2D eigenvalue weighted by Gasteiger charge is 2.35. The number of carbonyl (C=O) groups is 3. The Hall–Kier alpha value is -3.61. The normalized spacial score (nSPS) is 13.1. The molecule has 1 aliphatic rings. The average Bonchev–Trinajstić information content (AvgIpc) is 3.44. The SMILES string of the molecule is O=C(CCN1C(=O)c2ccccc2C1=O)N(Cc1ccco1)Cc1ccco1. The highest BCUT2D eigenvalue weighted by molar-refractivity contribution is 6.21. The molecule has 3 aromatic rings. The van der Waals surface area contributed by atoms with Gasteiger partial charge in [0, 0.05) is 13.0 Å². The van der Waals surface area contributed by atoms with Crippen LogP contribution in [0.5, 0.6) is 0 Å². The first kappa shape index (κ1) is 17.8. The number of nitrogens with zero attached hydrogens (tertiary/aromatic N) is 2. The van der Waals surface area contributed by atoms with Gasteiger partial charge in [-0.3, -0.25) is 19.3 Å². The van der Waals surface area contributed by atoms with Gasteiger partial charge in [-0.2, -0.15) is 0 Å². The van der Waals surface area contributed by atoms with Gasteiger partial charge < -0.3 is 13.7 Å². The van der Waals surface area contributed by atoms with Crippen LogP contribution < -0.4 is 0 Å². The zero-order valence-corrected chi connectivity index (χ0v) is 15.0. The van der Waals surface area contributed by atoms with Crippen LogP contribution in [0, 0.1) is 0 Å². The van der Waals surface area contributed by atoms with Crippen molar-refractivity contribution in [3.8, 4) is 0 Å². The minimum atomic E-state index is -0.364. The molecule has 0 atom stereocenters. The second-order valence-corrected chi connectivity index (χ2v) is 6.47. The van der Waals surface area contributed by atoms with E-state index in [4.69, 9.17) is 8.83 Å². The van der Waals surface area contributed by atoms with Crippen LogP contribution in [0.15, 0.2) is 69.9 Å². The maximum Gasteiger partial charge on any atom is 0.261 e. The van der Waals surface area contributed by atoms with E-state index in [9.17, 15) is 14.4 Å². The van der Waals surface area contributed by atoms with E-state index in [1.165, 1.54) is 0 Å². The minimum Gasteiger partial charge on any atom is -0.467 e. The van der Waals surface area contributed by atoms with E-state index in [2.05, 4.69) is 0 Å². The van der Waals surface area contributed by atoms with Gasteiger partial charge in [-0.05, 0) is 36.4 Å². The van der Waals surface area contributed by atoms with Crippen molar-refractivity contribution in [2.45, 2.75) is 19.5 Å². The van der Waals surface area contributed by atoms with Gasteiger partial charge in [-0.25, -0.2) is 0 Å². The molecule has 0 unspecified atom stereocenters. The third-order valence-electron chi connectivity index (χ3n) is 4.63. The summed E-state index contributed by atoms with van der Waals surface area (Å²) >= 11 is 0. The molecule has 0 spiro atoms. The summed E-state index contributed by atoms with van der Waals surface area (Å²) in [6.07, 6.45) is 3.11. The Morgan fingerprint density at radius 2 is 1.36 bits per heavy atom. The van der Waals surface area contributed by atoms with Gasteiger partial charge in [0.25, 0.3) is 11.8 Å². The van der Waals surface area contributed by atoms with Gasteiger partial charge in [0.2, 0.25) is 5.91 Å². The zero-order valence-electron chi connectivity index (χ0n) is 15.0. The van der Waals surface area contributed by atoms with E-state index in [0.29, 0.717) is 22.6 Å². The van der Waals surface area contributed by atoms with Crippen LogP contribution in [-0.2, 0) is 17.9 Å². The molecule has 28 heavy (non-hydrogen) atoms. The van der Waals surface area contributed by atoms with Crippen LogP contribution in [0.4, 0.5) is 0 Å². The standard InChI is InChI=1S/C21H18N2O5/c24-19(9-10-23-20(25)17-7-1-2-8-18(17)21(23)26)22(13-15-5-3-11-27-15)14-16-6-4-12-28-16/h1-8,11-12H,9-10,13-14H2. The second kappa shape index (κ2) is 7.56. The largest absolute Gasteiger partial charge is 0.467 e. The fourth-order valence-corrected chi connectivity index (χ4v) is 3.22. The lowest BCUT2D eigenvalue weighted by atomic mass is 10.1. The molecule has 1 aliphatic heterocycles. The quantitative estimate of drug-likeness (QED) is 0.590. The molecule has 7 nitrogen and oxygen atoms in total. The summed E-state index contributed by atoms with van der Waals surface area (Å²) in [5.41, 5.74) is 0.756. The molecule has 0 saturated carbocycles. The lowest BCUT2D eigenvalue weighted by molar-refractivity contribution is -0.133. The Bertz CT molecular complexity index is 920. The first-order valence-electron chi connectivity index (χ1n) is 8.91. The molecular formula is C21H18N2O5. The van der Waals surface area contributed by atoms with Crippen molar-refractivity contribution >= 4 is 17.7 Å². The molecule has 0 bridgehead atoms. The smallest absolute Gasteiger partial charge is 0.261 e. The first-order valence-corrected chi connectivity index (χ1v) is 8.91. The van der Waals surface area contributed by atoms with Crippen molar-refractivity contribution in [3.05, 3.63) is 83.7 Å². The molecule has 0 aliphatic carbocycles. The molecule has 0 radical (unpaired) electrons. The summed E-state index contributed by atoms with van der Waals surface area (Å²) in [5.74, 6) is 0.347. The number of hydrogen-bond donors (Lipinski definition) is 0. The first-order chi connectivity index (χ1) is 13.6. The molecule has 142 valence electrons. The molecule has 2 aromatic heterocycles. The molecule has 0 saturated heterocycles. The maximum atomic E-state index is 12.8. The molecular weight excluding hydrogens is 360 g/mol. The lowest BCUT2D eigenvalue weighted by Gasteiger charge is -2.22. The summed E-state index contributed by atoms with van der Waals surface area (Å²) in [6.45, 7) is 0.571. The molecule has 7 heteroatoms. The van der Waals surface area contributed by atoms with E-state index >= 15 is 0 Å². The van der Waals surface area contributed by atoms with Crippen molar-refractivity contribution in [1.29, 1.82) is 0 Å². The van der Waals surface area contributed by atoms with Gasteiger partial charge >= 0.3 is 0 Å². The second-order valence-electron chi connectivity index (χ2n) is 6.47. The molecule has 3 amide bonds. The number of carbonyl (C=O) groups excluding carboxylic acids is 3. The molecule has 4 rings (SSSR count). The van der Waals surface area contributed by atoms with E-state index in [1.54, 1.807) is 66.0 Å². The van der Waals surface area contributed by atoms with E-state index in [-0.39, 0.29) is 43.8 Å². The fraction of sp³-hybridized carbons (Fsp3) is 0.190. The number of benzene rings is 1. The summed E-state index contributed by atoms with van der Waals surface area (Å²) in [5, 5.41) is 0. The number of fused-ring (bicyclic) bond motifs is 1. The van der Waals surface area contributed by atoms with Crippen molar-refractivity contribution in [2.24, 2.45) is 0 Å². The lowest BCUT2D eigenvalue weighted by Crippen LogP contribution is -2.36. The Morgan fingerprint density at radius 3 is 1.82 bits per heavy atom. The molecule has 1 aromatic carbocycles. The van der Waals surface area contributed by atoms with Gasteiger partial charge in [-0.15, -0.1) is 0 Å².